The van der Waals surface area contributed by atoms with Crippen molar-refractivity contribution in [3.05, 3.63) is 59.4 Å². The van der Waals surface area contributed by atoms with Crippen molar-refractivity contribution < 1.29 is 18.6 Å². The Balaban J connectivity index is 1.68. The van der Waals surface area contributed by atoms with Crippen molar-refractivity contribution in [2.75, 3.05) is 20.2 Å². The number of ether oxygens (including phenoxy) is 1. The van der Waals surface area contributed by atoms with Crippen LogP contribution in [0, 0.1) is 11.8 Å². The zero-order valence-electron chi connectivity index (χ0n) is 13.5. The quantitative estimate of drug-likeness (QED) is 0.874. The molecule has 3 rings (SSSR count). The average Bonchev–Trinajstić information content (AvgIpc) is 2.59. The Hall–Kier alpha value is -2.05. The van der Waals surface area contributed by atoms with E-state index in [9.17, 15) is 13.9 Å². The normalized spacial score (nSPS) is 17.7. The molecule has 1 aromatic heterocycles. The van der Waals surface area contributed by atoms with Gasteiger partial charge in [0.25, 0.3) is 0 Å². The van der Waals surface area contributed by atoms with Gasteiger partial charge in [0, 0.05) is 37.0 Å². The number of aromatic nitrogens is 1. The molecule has 1 N–H and O–H groups in total. The largest absolute Gasteiger partial charge is 0.497 e. The molecular formula is C18H20F2N2O2. The van der Waals surface area contributed by atoms with Gasteiger partial charge in [0.1, 0.15) is 11.6 Å². The molecule has 24 heavy (non-hydrogen) atoms. The van der Waals surface area contributed by atoms with Crippen molar-refractivity contribution in [1.29, 1.82) is 0 Å². The smallest absolute Gasteiger partial charge is 0.218 e. The minimum absolute atomic E-state index is 0.234. The van der Waals surface area contributed by atoms with Gasteiger partial charge in [0.15, 0.2) is 0 Å². The molecule has 0 unspecified atom stereocenters. The van der Waals surface area contributed by atoms with E-state index < -0.39 is 11.5 Å². The van der Waals surface area contributed by atoms with Crippen molar-refractivity contribution in [2.45, 2.75) is 25.0 Å². The lowest BCUT2D eigenvalue weighted by Gasteiger charge is -2.38. The molecule has 1 aromatic carbocycles. The summed E-state index contributed by atoms with van der Waals surface area (Å²) in [5, 5.41) is 10.7. The third-order valence-corrected chi connectivity index (χ3v) is 4.59. The molecule has 0 spiro atoms. The minimum Gasteiger partial charge on any atom is -0.497 e. The van der Waals surface area contributed by atoms with Gasteiger partial charge in [-0.3, -0.25) is 4.90 Å². The first kappa shape index (κ1) is 16.8. The summed E-state index contributed by atoms with van der Waals surface area (Å²) in [6.07, 6.45) is 2.12. The predicted molar refractivity (Wildman–Crippen MR) is 85.6 cm³/mol. The average molecular weight is 334 g/mol. The highest BCUT2D eigenvalue weighted by Gasteiger charge is 2.36. The van der Waals surface area contributed by atoms with Crippen LogP contribution in [-0.2, 0) is 12.1 Å². The number of methoxy groups -OCH3 is 1. The van der Waals surface area contributed by atoms with Gasteiger partial charge in [-0.1, -0.05) is 6.07 Å². The lowest BCUT2D eigenvalue weighted by molar-refractivity contribution is -0.0309. The molecule has 1 saturated heterocycles. The van der Waals surface area contributed by atoms with Gasteiger partial charge in [-0.25, -0.2) is 9.37 Å². The van der Waals surface area contributed by atoms with E-state index in [2.05, 4.69) is 4.98 Å². The van der Waals surface area contributed by atoms with Crippen molar-refractivity contribution in [2.24, 2.45) is 0 Å². The van der Waals surface area contributed by atoms with E-state index >= 15 is 0 Å². The molecule has 1 aliphatic heterocycles. The summed E-state index contributed by atoms with van der Waals surface area (Å²) in [5.74, 6) is -0.306. The molecule has 0 radical (unpaired) electrons. The number of rotatable bonds is 4. The van der Waals surface area contributed by atoms with E-state index in [1.807, 2.05) is 4.90 Å². The summed E-state index contributed by atoms with van der Waals surface area (Å²) < 4.78 is 32.9. The molecule has 128 valence electrons. The van der Waals surface area contributed by atoms with Crippen LogP contribution >= 0.6 is 0 Å². The first-order valence-electron chi connectivity index (χ1n) is 7.90. The maximum Gasteiger partial charge on any atom is 0.218 e. The summed E-state index contributed by atoms with van der Waals surface area (Å²) in [6, 6.07) is 7.84. The van der Waals surface area contributed by atoms with Gasteiger partial charge < -0.3 is 9.84 Å². The number of benzene rings is 1. The van der Waals surface area contributed by atoms with E-state index in [0.717, 1.165) is 0 Å². The molecule has 1 fully saturated rings. The van der Waals surface area contributed by atoms with Crippen molar-refractivity contribution in [1.82, 2.24) is 9.88 Å². The SMILES string of the molecule is COc1ccc(F)c(CN2CCC(O)(c3cccnc3F)CC2)c1. The Bertz CT molecular complexity index is 716. The summed E-state index contributed by atoms with van der Waals surface area (Å²) in [5.41, 5.74) is -0.438. The van der Waals surface area contributed by atoms with Crippen LogP contribution in [0.5, 0.6) is 5.75 Å². The second kappa shape index (κ2) is 6.83. The molecule has 1 aliphatic rings. The molecule has 0 aliphatic carbocycles. The third-order valence-electron chi connectivity index (χ3n) is 4.59. The highest BCUT2D eigenvalue weighted by Crippen LogP contribution is 2.34. The van der Waals surface area contributed by atoms with Crippen LogP contribution in [0.2, 0.25) is 0 Å². The second-order valence-electron chi connectivity index (χ2n) is 6.11. The monoisotopic (exact) mass is 334 g/mol. The Labute approximate surface area is 139 Å². The van der Waals surface area contributed by atoms with Crippen molar-refractivity contribution in [3.8, 4) is 5.75 Å². The lowest BCUT2D eigenvalue weighted by atomic mass is 9.85. The standard InChI is InChI=1S/C18H20F2N2O2/c1-24-14-4-5-16(19)13(11-14)12-22-9-6-18(23,7-10-22)15-3-2-8-21-17(15)20/h2-5,8,11,23H,6-7,9-10,12H2,1H3. The zero-order valence-corrected chi connectivity index (χ0v) is 13.5. The van der Waals surface area contributed by atoms with E-state index in [1.54, 1.807) is 31.4 Å². The number of piperidine rings is 1. The predicted octanol–water partition coefficient (Wildman–Crippen LogP) is 2.85. The van der Waals surface area contributed by atoms with Crippen LogP contribution in [0.3, 0.4) is 0 Å². The van der Waals surface area contributed by atoms with Crippen LogP contribution < -0.4 is 4.74 Å². The fourth-order valence-electron chi connectivity index (χ4n) is 3.12. The zero-order chi connectivity index (χ0) is 17.2. The van der Waals surface area contributed by atoms with Crippen LogP contribution in [0.15, 0.2) is 36.5 Å². The fourth-order valence-corrected chi connectivity index (χ4v) is 3.12. The first-order chi connectivity index (χ1) is 11.5. The number of aliphatic hydroxyl groups is 1. The molecule has 0 atom stereocenters. The molecule has 2 aromatic rings. The summed E-state index contributed by atoms with van der Waals surface area (Å²) in [4.78, 5) is 5.66. The Morgan fingerprint density at radius 2 is 2.00 bits per heavy atom. The van der Waals surface area contributed by atoms with Gasteiger partial charge in [-0.05, 0) is 37.1 Å². The highest BCUT2D eigenvalue weighted by atomic mass is 19.1. The lowest BCUT2D eigenvalue weighted by Crippen LogP contribution is -2.42. The van der Waals surface area contributed by atoms with Gasteiger partial charge >= 0.3 is 0 Å². The van der Waals surface area contributed by atoms with Crippen LogP contribution in [-0.4, -0.2) is 35.2 Å². The minimum atomic E-state index is -1.22. The molecule has 6 heteroatoms. The molecule has 0 bridgehead atoms. The van der Waals surface area contributed by atoms with Crippen LogP contribution in [0.1, 0.15) is 24.0 Å². The molecule has 0 amide bonds. The van der Waals surface area contributed by atoms with Gasteiger partial charge in [0.2, 0.25) is 5.95 Å². The maximum absolute atomic E-state index is 13.9. The highest BCUT2D eigenvalue weighted by molar-refractivity contribution is 5.30. The molecule has 2 heterocycles. The fraction of sp³-hybridized carbons (Fsp3) is 0.389. The number of hydrogen-bond acceptors (Lipinski definition) is 4. The van der Waals surface area contributed by atoms with Gasteiger partial charge in [-0.15, -0.1) is 0 Å². The first-order valence-corrected chi connectivity index (χ1v) is 7.90. The number of nitrogens with zero attached hydrogens (tertiary/aromatic N) is 2. The number of hydrogen-bond donors (Lipinski definition) is 1. The summed E-state index contributed by atoms with van der Waals surface area (Å²) in [7, 11) is 1.54. The Morgan fingerprint density at radius 3 is 2.67 bits per heavy atom. The van der Waals surface area contributed by atoms with Crippen molar-refractivity contribution in [3.63, 3.8) is 0 Å². The van der Waals surface area contributed by atoms with Gasteiger partial charge in [-0.2, -0.15) is 4.39 Å². The third kappa shape index (κ3) is 3.39. The second-order valence-corrected chi connectivity index (χ2v) is 6.11. The van der Waals surface area contributed by atoms with Crippen LogP contribution in [0.4, 0.5) is 8.78 Å². The molecule has 4 nitrogen and oxygen atoms in total. The van der Waals surface area contributed by atoms with Crippen molar-refractivity contribution >= 4 is 0 Å². The van der Waals surface area contributed by atoms with Crippen LogP contribution in [0.25, 0.3) is 0 Å². The Kier molecular flexibility index (Phi) is 4.78. The van der Waals surface area contributed by atoms with E-state index in [1.165, 1.54) is 12.3 Å². The van der Waals surface area contributed by atoms with E-state index in [0.29, 0.717) is 43.8 Å². The number of likely N-dealkylation sites (tertiary alicyclic amines) is 1. The summed E-state index contributed by atoms with van der Waals surface area (Å²) >= 11 is 0. The molecule has 0 saturated carbocycles. The van der Waals surface area contributed by atoms with E-state index in [4.69, 9.17) is 4.74 Å². The topological polar surface area (TPSA) is 45.6 Å². The Morgan fingerprint density at radius 1 is 1.25 bits per heavy atom. The maximum atomic E-state index is 13.9. The van der Waals surface area contributed by atoms with E-state index in [-0.39, 0.29) is 11.4 Å². The summed E-state index contributed by atoms with van der Waals surface area (Å²) in [6.45, 7) is 1.51. The number of pyridine rings is 1. The van der Waals surface area contributed by atoms with Gasteiger partial charge in [0.05, 0.1) is 12.7 Å². The number of halogens is 2. The molecular weight excluding hydrogens is 314 g/mol.